The topological polar surface area (TPSA) is 65.8 Å². The maximum absolute atomic E-state index is 12.2. The molecule has 106 valence electrons. The molecule has 0 saturated carbocycles. The van der Waals surface area contributed by atoms with Gasteiger partial charge in [0.05, 0.1) is 6.07 Å². The summed E-state index contributed by atoms with van der Waals surface area (Å²) in [7, 11) is 0. The molecular weight excluding hydrogens is 330 g/mol. The number of aryl methyl sites for hydroxylation is 1. The van der Waals surface area contributed by atoms with Gasteiger partial charge in [-0.15, -0.1) is 0 Å². The second kappa shape index (κ2) is 7.00. The van der Waals surface area contributed by atoms with Gasteiger partial charge in [0.15, 0.2) is 0 Å². The third kappa shape index (κ3) is 4.14. The summed E-state index contributed by atoms with van der Waals surface area (Å²) in [5.74, 6) is -0.622. The summed E-state index contributed by atoms with van der Waals surface area (Å²) in [4.78, 5) is 16.3. The van der Waals surface area contributed by atoms with Crippen LogP contribution >= 0.6 is 15.9 Å². The Balaban J connectivity index is 2.07. The number of nitrogens with zero attached hydrogens (tertiary/aromatic N) is 2. The van der Waals surface area contributed by atoms with E-state index < -0.39 is 5.92 Å². The molecule has 0 saturated heterocycles. The van der Waals surface area contributed by atoms with Crippen LogP contribution in [0.15, 0.2) is 47.1 Å². The van der Waals surface area contributed by atoms with Crippen molar-refractivity contribution in [1.82, 2.24) is 4.98 Å². The van der Waals surface area contributed by atoms with Crippen LogP contribution in [0.4, 0.5) is 5.82 Å². The minimum absolute atomic E-state index is 0.337. The first-order valence-corrected chi connectivity index (χ1v) is 7.26. The number of carbonyl (C=O) groups is 1. The van der Waals surface area contributed by atoms with Crippen LogP contribution in [0, 0.1) is 24.2 Å². The molecule has 1 atom stereocenters. The van der Waals surface area contributed by atoms with Gasteiger partial charge < -0.3 is 5.32 Å². The van der Waals surface area contributed by atoms with Crippen molar-refractivity contribution in [3.8, 4) is 6.07 Å². The Hall–Kier alpha value is -2.19. The Morgan fingerprint density at radius 1 is 1.43 bits per heavy atom. The molecular formula is C16H14BrN3O. The van der Waals surface area contributed by atoms with Gasteiger partial charge in [-0.05, 0) is 46.5 Å². The summed E-state index contributed by atoms with van der Waals surface area (Å²) >= 11 is 3.35. The van der Waals surface area contributed by atoms with E-state index in [1.54, 1.807) is 12.3 Å². The Bertz CT molecular complexity index is 680. The number of nitriles is 1. The standard InChI is InChI=1S/C16H14BrN3O/c1-11-7-15(19-10-14(11)17)20-16(21)13(9-18)8-12-5-3-2-4-6-12/h2-7,10,13H,8H2,1H3,(H,19,20,21). The van der Waals surface area contributed by atoms with Gasteiger partial charge in [-0.2, -0.15) is 5.26 Å². The largest absolute Gasteiger partial charge is 0.310 e. The third-order valence-electron chi connectivity index (χ3n) is 3.05. The highest BCUT2D eigenvalue weighted by Crippen LogP contribution is 2.18. The average molecular weight is 344 g/mol. The number of benzene rings is 1. The molecule has 2 aromatic rings. The summed E-state index contributed by atoms with van der Waals surface area (Å²) in [5.41, 5.74) is 1.93. The highest BCUT2D eigenvalue weighted by molar-refractivity contribution is 9.10. The second-order valence-corrected chi connectivity index (χ2v) is 5.53. The number of amides is 1. The smallest absolute Gasteiger partial charge is 0.243 e. The van der Waals surface area contributed by atoms with Gasteiger partial charge in [0, 0.05) is 10.7 Å². The number of pyridine rings is 1. The highest BCUT2D eigenvalue weighted by atomic mass is 79.9. The lowest BCUT2D eigenvalue weighted by Gasteiger charge is -2.10. The number of anilines is 1. The van der Waals surface area contributed by atoms with Crippen molar-refractivity contribution in [3.05, 3.63) is 58.2 Å². The molecule has 0 aliphatic heterocycles. The molecule has 1 unspecified atom stereocenters. The minimum Gasteiger partial charge on any atom is -0.310 e. The van der Waals surface area contributed by atoms with Crippen molar-refractivity contribution in [2.75, 3.05) is 5.32 Å². The molecule has 1 heterocycles. The summed E-state index contributed by atoms with van der Waals surface area (Å²) in [6.45, 7) is 1.91. The lowest BCUT2D eigenvalue weighted by Crippen LogP contribution is -2.24. The van der Waals surface area contributed by atoms with E-state index in [1.165, 1.54) is 0 Å². The van der Waals surface area contributed by atoms with Crippen LogP contribution in [-0.4, -0.2) is 10.9 Å². The van der Waals surface area contributed by atoms with Crippen LogP contribution < -0.4 is 5.32 Å². The van der Waals surface area contributed by atoms with Crippen LogP contribution in [0.2, 0.25) is 0 Å². The van der Waals surface area contributed by atoms with Gasteiger partial charge in [-0.3, -0.25) is 4.79 Å². The maximum Gasteiger partial charge on any atom is 0.243 e. The fraction of sp³-hybridized carbons (Fsp3) is 0.188. The number of hydrogen-bond acceptors (Lipinski definition) is 3. The maximum atomic E-state index is 12.2. The van der Waals surface area contributed by atoms with Crippen LogP contribution in [0.25, 0.3) is 0 Å². The molecule has 1 aromatic carbocycles. The molecule has 0 bridgehead atoms. The molecule has 0 spiro atoms. The summed E-state index contributed by atoms with van der Waals surface area (Å²) < 4.78 is 0.876. The van der Waals surface area contributed by atoms with E-state index in [-0.39, 0.29) is 5.91 Å². The van der Waals surface area contributed by atoms with E-state index in [9.17, 15) is 10.1 Å². The zero-order chi connectivity index (χ0) is 15.2. The summed E-state index contributed by atoms with van der Waals surface area (Å²) in [6.07, 6.45) is 2.02. The lowest BCUT2D eigenvalue weighted by atomic mass is 10.00. The van der Waals surface area contributed by atoms with Gasteiger partial charge in [0.1, 0.15) is 11.7 Å². The zero-order valence-corrected chi connectivity index (χ0v) is 13.1. The van der Waals surface area contributed by atoms with Crippen molar-refractivity contribution in [2.24, 2.45) is 5.92 Å². The minimum atomic E-state index is -0.738. The number of hydrogen-bond donors (Lipinski definition) is 1. The van der Waals surface area contributed by atoms with Crippen LogP contribution in [0.1, 0.15) is 11.1 Å². The molecule has 5 heteroatoms. The molecule has 21 heavy (non-hydrogen) atoms. The Morgan fingerprint density at radius 2 is 2.14 bits per heavy atom. The molecule has 0 aliphatic carbocycles. The van der Waals surface area contributed by atoms with Gasteiger partial charge in [-0.1, -0.05) is 30.3 Å². The second-order valence-electron chi connectivity index (χ2n) is 4.68. The van der Waals surface area contributed by atoms with Crippen LogP contribution in [-0.2, 0) is 11.2 Å². The van der Waals surface area contributed by atoms with E-state index >= 15 is 0 Å². The van der Waals surface area contributed by atoms with Gasteiger partial charge in [-0.25, -0.2) is 4.98 Å². The molecule has 0 aliphatic rings. The Labute approximate surface area is 132 Å². The predicted molar refractivity (Wildman–Crippen MR) is 84.6 cm³/mol. The quantitative estimate of drug-likeness (QED) is 0.924. The van der Waals surface area contributed by atoms with Gasteiger partial charge in [0.2, 0.25) is 5.91 Å². The van der Waals surface area contributed by atoms with Gasteiger partial charge in [0.25, 0.3) is 0 Å². The molecule has 1 amide bonds. The first kappa shape index (κ1) is 15.2. The van der Waals surface area contributed by atoms with Gasteiger partial charge >= 0.3 is 0 Å². The molecule has 4 nitrogen and oxygen atoms in total. The molecule has 2 rings (SSSR count). The van der Waals surface area contributed by atoms with Crippen LogP contribution in [0.3, 0.4) is 0 Å². The van der Waals surface area contributed by atoms with Crippen molar-refractivity contribution in [2.45, 2.75) is 13.3 Å². The van der Waals surface area contributed by atoms with Crippen molar-refractivity contribution in [1.29, 1.82) is 5.26 Å². The van der Waals surface area contributed by atoms with E-state index in [0.717, 1.165) is 15.6 Å². The van der Waals surface area contributed by atoms with Crippen molar-refractivity contribution < 1.29 is 4.79 Å². The average Bonchev–Trinajstić information content (AvgIpc) is 2.49. The van der Waals surface area contributed by atoms with Crippen LogP contribution in [0.5, 0.6) is 0 Å². The number of carbonyl (C=O) groups excluding carboxylic acids is 1. The normalized spacial score (nSPS) is 11.5. The first-order chi connectivity index (χ1) is 10.1. The lowest BCUT2D eigenvalue weighted by molar-refractivity contribution is -0.118. The summed E-state index contributed by atoms with van der Waals surface area (Å²) in [5, 5.41) is 11.9. The van der Waals surface area contributed by atoms with E-state index in [2.05, 4.69) is 26.2 Å². The fourth-order valence-electron chi connectivity index (χ4n) is 1.87. The zero-order valence-electron chi connectivity index (χ0n) is 11.5. The number of rotatable bonds is 4. The Kier molecular flexibility index (Phi) is 5.07. The van der Waals surface area contributed by atoms with Crippen molar-refractivity contribution >= 4 is 27.7 Å². The summed E-state index contributed by atoms with van der Waals surface area (Å²) in [6, 6.07) is 13.3. The monoisotopic (exact) mass is 343 g/mol. The number of nitrogens with one attached hydrogen (secondary N) is 1. The van der Waals surface area contributed by atoms with Crippen molar-refractivity contribution in [3.63, 3.8) is 0 Å². The molecule has 0 radical (unpaired) electrons. The first-order valence-electron chi connectivity index (χ1n) is 6.46. The molecule has 1 N–H and O–H groups in total. The molecule has 0 fully saturated rings. The molecule has 1 aromatic heterocycles. The van der Waals surface area contributed by atoms with E-state index in [4.69, 9.17) is 0 Å². The Morgan fingerprint density at radius 3 is 2.76 bits per heavy atom. The SMILES string of the molecule is Cc1cc(NC(=O)C(C#N)Cc2ccccc2)ncc1Br. The highest BCUT2D eigenvalue weighted by Gasteiger charge is 2.19. The number of halogens is 1. The predicted octanol–water partition coefficient (Wildman–Crippen LogP) is 3.47. The third-order valence-corrected chi connectivity index (χ3v) is 3.88. The number of aromatic nitrogens is 1. The fourth-order valence-corrected chi connectivity index (χ4v) is 2.08. The van der Waals surface area contributed by atoms with E-state index in [0.29, 0.717) is 12.2 Å². The van der Waals surface area contributed by atoms with E-state index in [1.807, 2.05) is 43.3 Å².